The summed E-state index contributed by atoms with van der Waals surface area (Å²) >= 11 is 3.13. The summed E-state index contributed by atoms with van der Waals surface area (Å²) in [5.74, 6) is -0.447. The standard InChI is InChI=1S/C11H12BrNO3/c1-3-16-11(15)10-7(2)8(4-5-12)9(6-14)13-10/h4-6,13H,3H2,1-2H3/b5-4+. The molecule has 0 spiro atoms. The Hall–Kier alpha value is -1.36. The van der Waals surface area contributed by atoms with Crippen molar-refractivity contribution in [2.24, 2.45) is 0 Å². The molecule has 0 aliphatic carbocycles. The minimum atomic E-state index is -0.447. The first kappa shape index (κ1) is 12.7. The van der Waals surface area contributed by atoms with Crippen LogP contribution >= 0.6 is 15.9 Å². The Bertz CT molecular complexity index is 435. The van der Waals surface area contributed by atoms with Crippen LogP contribution in [0, 0.1) is 6.92 Å². The molecular formula is C11H12BrNO3. The maximum Gasteiger partial charge on any atom is 0.355 e. The fourth-order valence-electron chi connectivity index (χ4n) is 1.41. The fraction of sp³-hybridized carbons (Fsp3) is 0.273. The van der Waals surface area contributed by atoms with Gasteiger partial charge < -0.3 is 9.72 Å². The minimum Gasteiger partial charge on any atom is -0.461 e. The summed E-state index contributed by atoms with van der Waals surface area (Å²) in [6.07, 6.45) is 2.39. The fourth-order valence-corrected chi connectivity index (χ4v) is 1.67. The van der Waals surface area contributed by atoms with Gasteiger partial charge in [-0.3, -0.25) is 4.79 Å². The molecule has 0 saturated carbocycles. The zero-order valence-corrected chi connectivity index (χ0v) is 10.6. The molecule has 1 aromatic rings. The lowest BCUT2D eigenvalue weighted by molar-refractivity contribution is 0.0519. The quantitative estimate of drug-likeness (QED) is 0.683. The van der Waals surface area contributed by atoms with Crippen LogP contribution in [0.2, 0.25) is 0 Å². The van der Waals surface area contributed by atoms with Gasteiger partial charge in [-0.25, -0.2) is 4.79 Å². The highest BCUT2D eigenvalue weighted by molar-refractivity contribution is 9.11. The van der Waals surface area contributed by atoms with Crippen LogP contribution in [-0.2, 0) is 4.74 Å². The number of carbonyl (C=O) groups excluding carboxylic acids is 2. The molecule has 5 heteroatoms. The number of ether oxygens (including phenoxy) is 1. The Morgan fingerprint density at radius 2 is 2.25 bits per heavy atom. The van der Waals surface area contributed by atoms with Gasteiger partial charge in [-0.1, -0.05) is 15.9 Å². The number of hydrogen-bond acceptors (Lipinski definition) is 3. The SMILES string of the molecule is CCOC(=O)c1[nH]c(C=O)c(/C=C/Br)c1C. The molecule has 0 bridgehead atoms. The Morgan fingerprint density at radius 3 is 2.75 bits per heavy atom. The molecule has 1 aromatic heterocycles. The molecule has 0 unspecified atom stereocenters. The molecule has 16 heavy (non-hydrogen) atoms. The van der Waals surface area contributed by atoms with Crippen LogP contribution in [0.15, 0.2) is 4.99 Å². The molecule has 86 valence electrons. The van der Waals surface area contributed by atoms with Crippen LogP contribution in [0.1, 0.15) is 39.0 Å². The number of H-pyrrole nitrogens is 1. The first-order chi connectivity index (χ1) is 7.65. The van der Waals surface area contributed by atoms with E-state index in [1.165, 1.54) is 0 Å². The second-order valence-corrected chi connectivity index (χ2v) is 3.61. The van der Waals surface area contributed by atoms with Crippen LogP contribution in [0.25, 0.3) is 6.08 Å². The van der Waals surface area contributed by atoms with Crippen molar-refractivity contribution in [3.05, 3.63) is 27.5 Å². The number of rotatable bonds is 4. The van der Waals surface area contributed by atoms with Crippen LogP contribution in [0.3, 0.4) is 0 Å². The summed E-state index contributed by atoms with van der Waals surface area (Å²) in [5.41, 5.74) is 2.09. The molecule has 0 atom stereocenters. The lowest BCUT2D eigenvalue weighted by atomic mass is 10.1. The average molecular weight is 286 g/mol. The van der Waals surface area contributed by atoms with Crippen molar-refractivity contribution in [2.45, 2.75) is 13.8 Å². The topological polar surface area (TPSA) is 59.2 Å². The maximum atomic E-state index is 11.5. The van der Waals surface area contributed by atoms with Crippen molar-refractivity contribution < 1.29 is 14.3 Å². The predicted molar refractivity (Wildman–Crippen MR) is 64.8 cm³/mol. The van der Waals surface area contributed by atoms with E-state index in [1.807, 2.05) is 0 Å². The lowest BCUT2D eigenvalue weighted by Crippen LogP contribution is -2.06. The van der Waals surface area contributed by atoms with E-state index in [1.54, 1.807) is 24.9 Å². The van der Waals surface area contributed by atoms with Crippen LogP contribution in [0.4, 0.5) is 0 Å². The molecule has 1 heterocycles. The molecule has 1 rings (SSSR count). The number of aromatic amines is 1. The second kappa shape index (κ2) is 5.65. The van der Waals surface area contributed by atoms with Crippen LogP contribution < -0.4 is 0 Å². The molecular weight excluding hydrogens is 274 g/mol. The summed E-state index contributed by atoms with van der Waals surface area (Å²) in [7, 11) is 0. The third-order valence-corrected chi connectivity index (χ3v) is 2.42. The van der Waals surface area contributed by atoms with E-state index in [4.69, 9.17) is 4.74 Å². The Kier molecular flexibility index (Phi) is 4.49. The molecule has 0 fully saturated rings. The average Bonchev–Trinajstić information content (AvgIpc) is 2.57. The number of nitrogens with one attached hydrogen (secondary N) is 1. The summed E-state index contributed by atoms with van der Waals surface area (Å²) in [6, 6.07) is 0. The number of carbonyl (C=O) groups is 2. The van der Waals surface area contributed by atoms with Crippen molar-refractivity contribution >= 4 is 34.3 Å². The van der Waals surface area contributed by atoms with Gasteiger partial charge in [0.15, 0.2) is 6.29 Å². The largest absolute Gasteiger partial charge is 0.461 e. The Morgan fingerprint density at radius 1 is 1.56 bits per heavy atom. The number of esters is 1. The summed E-state index contributed by atoms with van der Waals surface area (Å²) in [5, 5.41) is 0. The third kappa shape index (κ3) is 2.41. The number of aldehydes is 1. The van der Waals surface area contributed by atoms with Crippen LogP contribution in [-0.4, -0.2) is 23.8 Å². The zero-order chi connectivity index (χ0) is 12.1. The van der Waals surface area contributed by atoms with E-state index in [-0.39, 0.29) is 0 Å². The molecule has 0 aromatic carbocycles. The lowest BCUT2D eigenvalue weighted by Gasteiger charge is -1.99. The van der Waals surface area contributed by atoms with E-state index < -0.39 is 5.97 Å². The summed E-state index contributed by atoms with van der Waals surface area (Å²) < 4.78 is 4.88. The zero-order valence-electron chi connectivity index (χ0n) is 9.04. The van der Waals surface area contributed by atoms with E-state index in [0.717, 1.165) is 0 Å². The van der Waals surface area contributed by atoms with E-state index in [0.29, 0.717) is 35.4 Å². The van der Waals surface area contributed by atoms with Crippen molar-refractivity contribution in [1.82, 2.24) is 4.98 Å². The maximum absolute atomic E-state index is 11.5. The van der Waals surface area contributed by atoms with E-state index >= 15 is 0 Å². The smallest absolute Gasteiger partial charge is 0.355 e. The molecule has 0 saturated heterocycles. The highest BCUT2D eigenvalue weighted by Crippen LogP contribution is 2.20. The van der Waals surface area contributed by atoms with Crippen molar-refractivity contribution in [3.63, 3.8) is 0 Å². The molecule has 0 aliphatic rings. The molecule has 1 N–H and O–H groups in total. The van der Waals surface area contributed by atoms with E-state index in [2.05, 4.69) is 20.9 Å². The first-order valence-electron chi connectivity index (χ1n) is 4.77. The minimum absolute atomic E-state index is 0.303. The highest BCUT2D eigenvalue weighted by Gasteiger charge is 2.18. The molecule has 0 aliphatic heterocycles. The molecule has 0 amide bonds. The van der Waals surface area contributed by atoms with Gasteiger partial charge in [0, 0.05) is 5.56 Å². The van der Waals surface area contributed by atoms with Gasteiger partial charge in [0.05, 0.1) is 12.3 Å². The summed E-state index contributed by atoms with van der Waals surface area (Å²) in [4.78, 5) is 26.7. The van der Waals surface area contributed by atoms with Gasteiger partial charge >= 0.3 is 5.97 Å². The summed E-state index contributed by atoms with van der Waals surface area (Å²) in [6.45, 7) is 3.80. The molecule has 4 nitrogen and oxygen atoms in total. The van der Waals surface area contributed by atoms with Gasteiger partial charge in [0.2, 0.25) is 0 Å². The van der Waals surface area contributed by atoms with Crippen molar-refractivity contribution in [2.75, 3.05) is 6.61 Å². The predicted octanol–water partition coefficient (Wildman–Crippen LogP) is 2.68. The van der Waals surface area contributed by atoms with Crippen molar-refractivity contribution in [3.8, 4) is 0 Å². The van der Waals surface area contributed by atoms with Crippen molar-refractivity contribution in [1.29, 1.82) is 0 Å². The highest BCUT2D eigenvalue weighted by atomic mass is 79.9. The first-order valence-corrected chi connectivity index (χ1v) is 5.68. The number of halogens is 1. The second-order valence-electron chi connectivity index (χ2n) is 3.08. The molecule has 0 radical (unpaired) electrons. The number of aromatic nitrogens is 1. The van der Waals surface area contributed by atoms with Crippen LogP contribution in [0.5, 0.6) is 0 Å². The van der Waals surface area contributed by atoms with Gasteiger partial charge in [-0.05, 0) is 30.5 Å². The van der Waals surface area contributed by atoms with Gasteiger partial charge in [-0.15, -0.1) is 0 Å². The Labute approximate surface area is 102 Å². The third-order valence-electron chi connectivity index (χ3n) is 2.16. The van der Waals surface area contributed by atoms with Gasteiger partial charge in [-0.2, -0.15) is 0 Å². The van der Waals surface area contributed by atoms with E-state index in [9.17, 15) is 9.59 Å². The monoisotopic (exact) mass is 285 g/mol. The van der Waals surface area contributed by atoms with Gasteiger partial charge in [0.25, 0.3) is 0 Å². The number of hydrogen-bond donors (Lipinski definition) is 1. The Balaban J connectivity index is 3.22. The van der Waals surface area contributed by atoms with Gasteiger partial charge in [0.1, 0.15) is 5.69 Å². The normalized spacial score (nSPS) is 10.7.